The average molecular weight is 394 g/mol. The number of hydrogen-bond donors (Lipinski definition) is 1. The molecule has 0 spiro atoms. The second-order valence-electron chi connectivity index (χ2n) is 5.51. The number of likely N-dealkylation sites (tertiary alicyclic amines) is 1. The number of carbonyl (C=O) groups excluding carboxylic acids is 1. The minimum atomic E-state index is -1.19. The summed E-state index contributed by atoms with van der Waals surface area (Å²) in [5.41, 5.74) is 0.919. The molecule has 1 N–H and O–H groups in total. The monoisotopic (exact) mass is 393 g/mol. The molecule has 1 amide bonds. The lowest BCUT2D eigenvalue weighted by atomic mass is 10.0. The molecule has 1 atom stereocenters. The fourth-order valence-electron chi connectivity index (χ4n) is 3.01. The Labute approximate surface area is 147 Å². The minimum Gasteiger partial charge on any atom is -0.496 e. The second kappa shape index (κ2) is 6.68. The van der Waals surface area contributed by atoms with Crippen molar-refractivity contribution in [1.82, 2.24) is 4.90 Å². The highest BCUT2D eigenvalue weighted by Gasteiger charge is 2.34. The summed E-state index contributed by atoms with van der Waals surface area (Å²) in [5, 5.41) is 8.93. The van der Waals surface area contributed by atoms with Crippen LogP contribution >= 0.6 is 15.9 Å². The van der Waals surface area contributed by atoms with E-state index in [0.29, 0.717) is 12.3 Å². The number of furan rings is 1. The molecule has 1 saturated heterocycles. The number of amides is 1. The summed E-state index contributed by atoms with van der Waals surface area (Å²) < 4.78 is 11.5. The molecule has 1 aliphatic heterocycles. The van der Waals surface area contributed by atoms with Gasteiger partial charge in [0.05, 0.1) is 13.2 Å². The Morgan fingerprint density at radius 2 is 2.04 bits per heavy atom. The largest absolute Gasteiger partial charge is 0.496 e. The zero-order valence-corrected chi connectivity index (χ0v) is 14.6. The molecule has 24 heavy (non-hydrogen) atoms. The van der Waals surface area contributed by atoms with Crippen molar-refractivity contribution in [3.05, 3.63) is 51.9 Å². The van der Waals surface area contributed by atoms with Crippen LogP contribution in [0.15, 0.2) is 39.2 Å². The second-order valence-corrected chi connectivity index (χ2v) is 6.43. The smallest absolute Gasteiger partial charge is 0.371 e. The van der Waals surface area contributed by atoms with Crippen LogP contribution in [0.5, 0.6) is 5.75 Å². The number of benzene rings is 1. The first-order chi connectivity index (χ1) is 11.5. The molecule has 1 unspecified atom stereocenters. The van der Waals surface area contributed by atoms with E-state index in [9.17, 15) is 9.59 Å². The van der Waals surface area contributed by atoms with E-state index in [1.54, 1.807) is 12.0 Å². The number of carbonyl (C=O) groups is 2. The molecule has 7 heteroatoms. The maximum absolute atomic E-state index is 12.7. The molecule has 6 nitrogen and oxygen atoms in total. The van der Waals surface area contributed by atoms with Crippen LogP contribution in [0.3, 0.4) is 0 Å². The zero-order valence-electron chi connectivity index (χ0n) is 13.0. The number of rotatable bonds is 4. The van der Waals surface area contributed by atoms with Crippen LogP contribution in [-0.4, -0.2) is 35.5 Å². The molecule has 1 aromatic carbocycles. The summed E-state index contributed by atoms with van der Waals surface area (Å²) in [6.07, 6.45) is 1.67. The van der Waals surface area contributed by atoms with Gasteiger partial charge in [-0.15, -0.1) is 0 Å². The maximum Gasteiger partial charge on any atom is 0.371 e. The van der Waals surface area contributed by atoms with Crippen molar-refractivity contribution in [3.63, 3.8) is 0 Å². The minimum absolute atomic E-state index is 0.0354. The summed E-state index contributed by atoms with van der Waals surface area (Å²) in [6.45, 7) is 0.586. The van der Waals surface area contributed by atoms with Crippen LogP contribution in [0.25, 0.3) is 0 Å². The van der Waals surface area contributed by atoms with Gasteiger partial charge < -0.3 is 19.2 Å². The number of halogens is 1. The highest BCUT2D eigenvalue weighted by Crippen LogP contribution is 2.39. The molecule has 1 aromatic heterocycles. The van der Waals surface area contributed by atoms with Gasteiger partial charge >= 0.3 is 5.97 Å². The molecule has 0 saturated carbocycles. The normalized spacial score (nSPS) is 17.1. The molecule has 1 aliphatic rings. The number of carboxylic acid groups (broad SMARTS) is 1. The van der Waals surface area contributed by atoms with Gasteiger partial charge in [-0.25, -0.2) is 4.79 Å². The molecule has 126 valence electrons. The van der Waals surface area contributed by atoms with Crippen molar-refractivity contribution >= 4 is 27.8 Å². The van der Waals surface area contributed by atoms with Crippen molar-refractivity contribution in [2.24, 2.45) is 0 Å². The van der Waals surface area contributed by atoms with Crippen LogP contribution in [0, 0.1) is 0 Å². The first kappa shape index (κ1) is 16.6. The number of methoxy groups -OCH3 is 1. The van der Waals surface area contributed by atoms with Crippen LogP contribution in [-0.2, 0) is 0 Å². The third kappa shape index (κ3) is 3.03. The highest BCUT2D eigenvalue weighted by molar-refractivity contribution is 9.10. The van der Waals surface area contributed by atoms with Gasteiger partial charge in [0.25, 0.3) is 5.91 Å². The van der Waals surface area contributed by atoms with Crippen molar-refractivity contribution in [2.75, 3.05) is 13.7 Å². The Morgan fingerprint density at radius 3 is 2.71 bits per heavy atom. The van der Waals surface area contributed by atoms with Gasteiger partial charge in [0.15, 0.2) is 5.76 Å². The topological polar surface area (TPSA) is 80.0 Å². The average Bonchev–Trinajstić information content (AvgIpc) is 3.23. The number of carboxylic acids is 1. The van der Waals surface area contributed by atoms with Gasteiger partial charge in [-0.05, 0) is 43.2 Å². The Bertz CT molecular complexity index is 785. The predicted octanol–water partition coefficient (Wildman–Crippen LogP) is 3.73. The maximum atomic E-state index is 12.7. The fraction of sp³-hybridized carbons (Fsp3) is 0.294. The Balaban J connectivity index is 1.91. The Morgan fingerprint density at radius 1 is 1.29 bits per heavy atom. The zero-order chi connectivity index (χ0) is 17.3. The van der Waals surface area contributed by atoms with Crippen LogP contribution in [0.2, 0.25) is 0 Å². The highest BCUT2D eigenvalue weighted by atomic mass is 79.9. The third-order valence-electron chi connectivity index (χ3n) is 4.09. The lowest BCUT2D eigenvalue weighted by Crippen LogP contribution is -2.30. The molecule has 0 aliphatic carbocycles. The van der Waals surface area contributed by atoms with Gasteiger partial charge in [0.2, 0.25) is 5.76 Å². The first-order valence-electron chi connectivity index (χ1n) is 7.49. The summed E-state index contributed by atoms with van der Waals surface area (Å²) in [4.78, 5) is 25.4. The van der Waals surface area contributed by atoms with E-state index in [1.165, 1.54) is 12.1 Å². The van der Waals surface area contributed by atoms with Crippen molar-refractivity contribution in [2.45, 2.75) is 18.9 Å². The molecule has 3 rings (SSSR count). The van der Waals surface area contributed by atoms with Gasteiger partial charge in [0, 0.05) is 16.6 Å². The quantitative estimate of drug-likeness (QED) is 0.855. The van der Waals surface area contributed by atoms with E-state index in [-0.39, 0.29) is 23.5 Å². The van der Waals surface area contributed by atoms with Crippen molar-refractivity contribution < 1.29 is 23.8 Å². The third-order valence-corrected chi connectivity index (χ3v) is 4.59. The van der Waals surface area contributed by atoms with Gasteiger partial charge in [-0.1, -0.05) is 15.9 Å². The van der Waals surface area contributed by atoms with E-state index in [2.05, 4.69) is 15.9 Å². The number of ether oxygens (including phenoxy) is 1. The molecule has 0 bridgehead atoms. The molecule has 0 radical (unpaired) electrons. The summed E-state index contributed by atoms with van der Waals surface area (Å²) in [5.74, 6) is -0.997. The van der Waals surface area contributed by atoms with E-state index >= 15 is 0 Å². The molecular formula is C17H16BrNO5. The lowest BCUT2D eigenvalue weighted by Gasteiger charge is -2.25. The summed E-state index contributed by atoms with van der Waals surface area (Å²) >= 11 is 3.45. The first-order valence-corrected chi connectivity index (χ1v) is 8.28. The standard InChI is InChI=1S/C17H16BrNO5/c1-23-13-5-4-10(18)9-11(13)12-3-2-8-19(12)16(20)14-6-7-15(24-14)17(21)22/h4-7,9,12H,2-3,8H2,1H3,(H,21,22). The Kier molecular flexibility index (Phi) is 4.62. The lowest BCUT2D eigenvalue weighted by molar-refractivity contribution is 0.0645. The number of hydrogen-bond acceptors (Lipinski definition) is 4. The van der Waals surface area contributed by atoms with Gasteiger partial charge in [-0.2, -0.15) is 0 Å². The van der Waals surface area contributed by atoms with Crippen molar-refractivity contribution in [1.29, 1.82) is 0 Å². The molecule has 2 heterocycles. The summed E-state index contributed by atoms with van der Waals surface area (Å²) in [6, 6.07) is 8.24. The van der Waals surface area contributed by atoms with E-state index in [4.69, 9.17) is 14.3 Å². The van der Waals surface area contributed by atoms with Gasteiger partial charge in [0.1, 0.15) is 5.75 Å². The van der Waals surface area contributed by atoms with E-state index in [1.807, 2.05) is 18.2 Å². The fourth-order valence-corrected chi connectivity index (χ4v) is 3.39. The van der Waals surface area contributed by atoms with E-state index in [0.717, 1.165) is 22.9 Å². The molecule has 1 fully saturated rings. The van der Waals surface area contributed by atoms with E-state index < -0.39 is 5.97 Å². The predicted molar refractivity (Wildman–Crippen MR) is 89.4 cm³/mol. The molecule has 2 aromatic rings. The molecular weight excluding hydrogens is 378 g/mol. The van der Waals surface area contributed by atoms with Crippen LogP contribution in [0.1, 0.15) is 45.6 Å². The Hall–Kier alpha value is -2.28. The van der Waals surface area contributed by atoms with Crippen molar-refractivity contribution in [3.8, 4) is 5.75 Å². The number of nitrogens with zero attached hydrogens (tertiary/aromatic N) is 1. The SMILES string of the molecule is COc1ccc(Br)cc1C1CCCN1C(=O)c1ccc(C(=O)O)o1. The summed E-state index contributed by atoms with van der Waals surface area (Å²) in [7, 11) is 1.60. The number of aromatic carboxylic acids is 1. The van der Waals surface area contributed by atoms with Gasteiger partial charge in [-0.3, -0.25) is 4.79 Å². The van der Waals surface area contributed by atoms with Crippen LogP contribution < -0.4 is 4.74 Å². The van der Waals surface area contributed by atoms with Crippen LogP contribution in [0.4, 0.5) is 0 Å².